The number of amides is 1. The van der Waals surface area contributed by atoms with Crippen LogP contribution >= 0.6 is 0 Å². The van der Waals surface area contributed by atoms with Crippen LogP contribution < -0.4 is 5.32 Å². The van der Waals surface area contributed by atoms with Crippen molar-refractivity contribution in [1.29, 1.82) is 0 Å². The summed E-state index contributed by atoms with van der Waals surface area (Å²) in [4.78, 5) is 27.3. The number of anilines is 1. The highest BCUT2D eigenvalue weighted by Gasteiger charge is 2.16. The Bertz CT molecular complexity index is 958. The number of hydrogen-bond donors (Lipinski definition) is 1. The van der Waals surface area contributed by atoms with Gasteiger partial charge in [0.25, 0.3) is 0 Å². The maximum absolute atomic E-state index is 12.2. The Morgan fingerprint density at radius 1 is 1.15 bits per heavy atom. The summed E-state index contributed by atoms with van der Waals surface area (Å²) in [6.45, 7) is 4.38. The molecule has 26 heavy (non-hydrogen) atoms. The first kappa shape index (κ1) is 16.7. The quantitative estimate of drug-likeness (QED) is 0.782. The summed E-state index contributed by atoms with van der Waals surface area (Å²) in [5.41, 5.74) is 3.79. The molecule has 1 aliphatic heterocycles. The maximum atomic E-state index is 12.2. The minimum atomic E-state index is -0.0143. The number of nitrogens with one attached hydrogen (secondary N) is 1. The molecular weight excluding hydrogens is 328 g/mol. The van der Waals surface area contributed by atoms with Crippen LogP contribution in [0.15, 0.2) is 30.7 Å². The summed E-state index contributed by atoms with van der Waals surface area (Å²) in [7, 11) is 1.99. The predicted octanol–water partition coefficient (Wildman–Crippen LogP) is 2.37. The van der Waals surface area contributed by atoms with Gasteiger partial charge >= 0.3 is 0 Å². The van der Waals surface area contributed by atoms with E-state index in [1.165, 1.54) is 12.8 Å². The number of carbonyl (C=O) groups excluding carboxylic acids is 1. The Morgan fingerprint density at radius 3 is 2.73 bits per heavy atom. The first-order valence-corrected chi connectivity index (χ1v) is 8.87. The lowest BCUT2D eigenvalue weighted by molar-refractivity contribution is -0.117. The molecule has 0 aromatic carbocycles. The normalized spacial score (nSPS) is 14.8. The predicted molar refractivity (Wildman–Crippen MR) is 101 cm³/mol. The average Bonchev–Trinajstić information content (AvgIpc) is 3.23. The molecule has 0 unspecified atom stereocenters. The topological polar surface area (TPSA) is 75.9 Å². The number of nitrogens with zero attached hydrogens (tertiary/aromatic N) is 5. The van der Waals surface area contributed by atoms with Crippen LogP contribution in [0.3, 0.4) is 0 Å². The van der Waals surface area contributed by atoms with Crippen molar-refractivity contribution in [2.75, 3.05) is 25.0 Å². The number of fused-ring (bicyclic) bond motifs is 1. The zero-order chi connectivity index (χ0) is 18.1. The van der Waals surface area contributed by atoms with Gasteiger partial charge < -0.3 is 9.88 Å². The number of aromatic nitrogens is 4. The van der Waals surface area contributed by atoms with Gasteiger partial charge in [0.2, 0.25) is 5.91 Å². The van der Waals surface area contributed by atoms with Crippen molar-refractivity contribution in [2.24, 2.45) is 7.05 Å². The monoisotopic (exact) mass is 350 g/mol. The zero-order valence-corrected chi connectivity index (χ0v) is 15.1. The van der Waals surface area contributed by atoms with E-state index >= 15 is 0 Å². The number of pyridine rings is 1. The molecule has 4 rings (SSSR count). The summed E-state index contributed by atoms with van der Waals surface area (Å²) < 4.78 is 2.06. The molecule has 3 aromatic heterocycles. The number of likely N-dealkylation sites (tertiary alicyclic amines) is 1. The Labute approximate surface area is 152 Å². The second-order valence-corrected chi connectivity index (χ2v) is 6.79. The van der Waals surface area contributed by atoms with Crippen molar-refractivity contribution < 1.29 is 4.79 Å². The van der Waals surface area contributed by atoms with Crippen LogP contribution in [0.2, 0.25) is 0 Å². The van der Waals surface area contributed by atoms with Crippen LogP contribution in [0.1, 0.15) is 18.5 Å². The minimum absolute atomic E-state index is 0.0143. The molecule has 0 aliphatic carbocycles. The molecule has 7 heteroatoms. The van der Waals surface area contributed by atoms with Crippen molar-refractivity contribution in [1.82, 2.24) is 24.4 Å². The standard InChI is InChI=1S/C19H22N6O/c1-13-7-15(22-12-21-13)17-8-14-10-20-18(9-16(14)24(17)2)23-19(26)11-25-5-3-4-6-25/h7-10,12H,3-6,11H2,1-2H3,(H,20,23,26). The second-order valence-electron chi connectivity index (χ2n) is 6.79. The first-order valence-electron chi connectivity index (χ1n) is 8.87. The Balaban J connectivity index is 1.58. The molecule has 1 N–H and O–H groups in total. The summed E-state index contributed by atoms with van der Waals surface area (Å²) in [5.74, 6) is 0.563. The first-order chi connectivity index (χ1) is 12.6. The van der Waals surface area contributed by atoms with Crippen molar-refractivity contribution in [3.63, 3.8) is 0 Å². The van der Waals surface area contributed by atoms with Gasteiger partial charge in [-0.25, -0.2) is 15.0 Å². The molecule has 1 fully saturated rings. The highest BCUT2D eigenvalue weighted by atomic mass is 16.2. The number of rotatable bonds is 4. The van der Waals surface area contributed by atoms with E-state index in [0.717, 1.165) is 41.1 Å². The van der Waals surface area contributed by atoms with Gasteiger partial charge in [0.15, 0.2) is 0 Å². The second kappa shape index (κ2) is 6.84. The van der Waals surface area contributed by atoms with Crippen molar-refractivity contribution in [2.45, 2.75) is 19.8 Å². The minimum Gasteiger partial charge on any atom is -0.342 e. The molecule has 4 heterocycles. The van der Waals surface area contributed by atoms with Gasteiger partial charge in [-0.15, -0.1) is 0 Å². The molecule has 0 bridgehead atoms. The number of hydrogen-bond acceptors (Lipinski definition) is 5. The van der Waals surface area contributed by atoms with Gasteiger partial charge in [0.05, 0.1) is 23.4 Å². The molecule has 1 amide bonds. The van der Waals surface area contributed by atoms with Gasteiger partial charge in [-0.05, 0) is 45.0 Å². The van der Waals surface area contributed by atoms with Crippen LogP contribution in [0, 0.1) is 6.92 Å². The lowest BCUT2D eigenvalue weighted by Crippen LogP contribution is -2.31. The van der Waals surface area contributed by atoms with E-state index in [0.29, 0.717) is 12.4 Å². The van der Waals surface area contributed by atoms with E-state index in [1.807, 2.05) is 26.1 Å². The summed E-state index contributed by atoms with van der Waals surface area (Å²) in [6.07, 6.45) is 5.71. The molecule has 134 valence electrons. The SMILES string of the molecule is Cc1cc(-c2cc3cnc(NC(=O)CN4CCCC4)cc3n2C)ncn1. The van der Waals surface area contributed by atoms with Crippen LogP contribution in [0.4, 0.5) is 5.82 Å². The van der Waals surface area contributed by atoms with E-state index in [-0.39, 0.29) is 5.91 Å². The maximum Gasteiger partial charge on any atom is 0.239 e. The third-order valence-corrected chi connectivity index (χ3v) is 4.83. The summed E-state index contributed by atoms with van der Waals surface area (Å²) >= 11 is 0. The Morgan fingerprint density at radius 2 is 1.96 bits per heavy atom. The third-order valence-electron chi connectivity index (χ3n) is 4.83. The summed E-state index contributed by atoms with van der Waals surface area (Å²) in [6, 6.07) is 5.93. The van der Waals surface area contributed by atoms with E-state index in [2.05, 4.69) is 35.8 Å². The van der Waals surface area contributed by atoms with E-state index in [4.69, 9.17) is 0 Å². The highest BCUT2D eigenvalue weighted by Crippen LogP contribution is 2.27. The number of carbonyl (C=O) groups is 1. The van der Waals surface area contributed by atoms with E-state index in [1.54, 1.807) is 12.5 Å². The lowest BCUT2D eigenvalue weighted by Gasteiger charge is -2.13. The highest BCUT2D eigenvalue weighted by molar-refractivity contribution is 5.94. The number of aryl methyl sites for hydroxylation is 2. The van der Waals surface area contributed by atoms with Gasteiger partial charge in [-0.3, -0.25) is 9.69 Å². The van der Waals surface area contributed by atoms with Crippen LogP contribution in [0.25, 0.3) is 22.3 Å². The fourth-order valence-electron chi connectivity index (χ4n) is 3.47. The lowest BCUT2D eigenvalue weighted by atomic mass is 10.2. The molecule has 0 spiro atoms. The molecule has 0 saturated carbocycles. The van der Waals surface area contributed by atoms with Crippen LogP contribution in [-0.4, -0.2) is 50.0 Å². The molecule has 0 radical (unpaired) electrons. The smallest absolute Gasteiger partial charge is 0.239 e. The third kappa shape index (κ3) is 3.30. The fourth-order valence-corrected chi connectivity index (χ4v) is 3.47. The van der Waals surface area contributed by atoms with Crippen molar-refractivity contribution in [3.8, 4) is 11.4 Å². The van der Waals surface area contributed by atoms with Gasteiger partial charge in [0.1, 0.15) is 12.1 Å². The van der Waals surface area contributed by atoms with Crippen molar-refractivity contribution in [3.05, 3.63) is 36.4 Å². The molecular formula is C19H22N6O. The van der Waals surface area contributed by atoms with Crippen LogP contribution in [-0.2, 0) is 11.8 Å². The van der Waals surface area contributed by atoms with Gasteiger partial charge in [-0.1, -0.05) is 0 Å². The summed E-state index contributed by atoms with van der Waals surface area (Å²) in [5, 5.41) is 3.93. The van der Waals surface area contributed by atoms with Crippen molar-refractivity contribution >= 4 is 22.6 Å². The average molecular weight is 350 g/mol. The largest absolute Gasteiger partial charge is 0.342 e. The van der Waals surface area contributed by atoms with Gasteiger partial charge in [0, 0.05) is 30.4 Å². The Kier molecular flexibility index (Phi) is 4.38. The van der Waals surface area contributed by atoms with E-state index < -0.39 is 0 Å². The fraction of sp³-hybridized carbons (Fsp3) is 0.368. The van der Waals surface area contributed by atoms with Gasteiger partial charge in [-0.2, -0.15) is 0 Å². The molecule has 1 saturated heterocycles. The molecule has 7 nitrogen and oxygen atoms in total. The van der Waals surface area contributed by atoms with Crippen LogP contribution in [0.5, 0.6) is 0 Å². The Hall–Kier alpha value is -2.80. The molecule has 0 atom stereocenters. The zero-order valence-electron chi connectivity index (χ0n) is 15.1. The molecule has 3 aromatic rings. The molecule has 1 aliphatic rings. The van der Waals surface area contributed by atoms with E-state index in [9.17, 15) is 4.79 Å².